The largest absolute Gasteiger partial charge is 0.496 e. The van der Waals surface area contributed by atoms with Gasteiger partial charge in [0, 0.05) is 34.7 Å². The summed E-state index contributed by atoms with van der Waals surface area (Å²) in [4.78, 5) is 53.2. The maximum absolute atomic E-state index is 14.3. The van der Waals surface area contributed by atoms with Crippen LogP contribution in [0.15, 0.2) is 35.7 Å². The lowest BCUT2D eigenvalue weighted by Gasteiger charge is -2.28. The van der Waals surface area contributed by atoms with Crippen molar-refractivity contribution in [2.24, 2.45) is 11.7 Å². The van der Waals surface area contributed by atoms with Crippen LogP contribution in [0.5, 0.6) is 11.5 Å². The average Bonchev–Trinajstić information content (AvgIpc) is 4.00. The molecule has 4 aliphatic rings. The molecule has 5 unspecified atom stereocenters. The van der Waals surface area contributed by atoms with Crippen molar-refractivity contribution in [3.63, 3.8) is 0 Å². The number of hydrogen-bond donors (Lipinski definition) is 3. The fraction of sp³-hybridized carbons (Fsp3) is 0.553. The van der Waals surface area contributed by atoms with E-state index in [0.29, 0.717) is 42.0 Å². The Morgan fingerprint density at radius 2 is 1.92 bits per heavy atom. The molecule has 0 radical (unpaired) electrons. The highest BCUT2D eigenvalue weighted by Gasteiger charge is 2.62. The number of sulfonamides is 1. The zero-order valence-electron chi connectivity index (χ0n) is 30.6. The van der Waals surface area contributed by atoms with Crippen LogP contribution in [0.25, 0.3) is 21.6 Å². The van der Waals surface area contributed by atoms with E-state index in [9.17, 15) is 22.8 Å². The summed E-state index contributed by atoms with van der Waals surface area (Å²) in [6, 6.07) is 3.77. The first-order chi connectivity index (χ1) is 25.3. The van der Waals surface area contributed by atoms with Gasteiger partial charge in [-0.3, -0.25) is 19.1 Å². The van der Waals surface area contributed by atoms with Crippen LogP contribution in [-0.4, -0.2) is 83.6 Å². The summed E-state index contributed by atoms with van der Waals surface area (Å²) in [5, 5.41) is 5.82. The van der Waals surface area contributed by atoms with Gasteiger partial charge >= 0.3 is 0 Å². The van der Waals surface area contributed by atoms with Gasteiger partial charge in [0.25, 0.3) is 5.91 Å². The molecule has 2 aliphatic carbocycles. The Bertz CT molecular complexity index is 2060. The third-order valence-corrected chi connectivity index (χ3v) is 13.6. The fourth-order valence-electron chi connectivity index (χ4n) is 7.40. The minimum atomic E-state index is -3.85. The van der Waals surface area contributed by atoms with E-state index in [1.807, 2.05) is 42.7 Å². The number of nitrogens with zero attached hydrogens (tertiary/aromatic N) is 3. The summed E-state index contributed by atoms with van der Waals surface area (Å²) in [5.41, 5.74) is 8.13. The van der Waals surface area contributed by atoms with E-state index in [-0.39, 0.29) is 37.1 Å². The monoisotopic (exact) mass is 764 g/mol. The molecular weight excluding hydrogens is 717 g/mol. The number of fused-ring (bicyclic) bond motifs is 3. The van der Waals surface area contributed by atoms with Gasteiger partial charge in [-0.05, 0) is 63.5 Å². The predicted octanol–water partition coefficient (Wildman–Crippen LogP) is 4.48. The number of thiazole rings is 1. The number of nitrogens with one attached hydrogen (secondary N) is 2. The van der Waals surface area contributed by atoms with Crippen molar-refractivity contribution in [3.05, 3.63) is 47.0 Å². The number of nitrogens with two attached hydrogens (primary N) is 1. The van der Waals surface area contributed by atoms with Crippen molar-refractivity contribution >= 4 is 50.0 Å². The maximum Gasteiger partial charge on any atom is 0.259 e. The van der Waals surface area contributed by atoms with Crippen molar-refractivity contribution < 1.29 is 32.3 Å². The Kier molecular flexibility index (Phi) is 10.3. The lowest BCUT2D eigenvalue weighted by atomic mass is 10.1. The van der Waals surface area contributed by atoms with E-state index < -0.39 is 50.8 Å². The van der Waals surface area contributed by atoms with Crippen molar-refractivity contribution in [1.29, 1.82) is 0 Å². The molecular formula is C38H48N6O7S2. The van der Waals surface area contributed by atoms with E-state index in [1.165, 1.54) is 16.2 Å². The smallest absolute Gasteiger partial charge is 0.259 e. The Morgan fingerprint density at radius 3 is 2.64 bits per heavy atom. The summed E-state index contributed by atoms with van der Waals surface area (Å²) in [6.07, 6.45) is 8.38. The second kappa shape index (κ2) is 14.6. The van der Waals surface area contributed by atoms with E-state index in [0.717, 1.165) is 47.3 Å². The van der Waals surface area contributed by atoms with E-state index in [4.69, 9.17) is 25.2 Å². The lowest BCUT2D eigenvalue weighted by Crippen LogP contribution is -2.57. The standard InChI is InChI=1S/C38H48N6O7S2/c1-21(2)29-20-52-35(41-29)28-17-32(26-14-15-31(50-4)22(3)33(26)40-28)51-24-16-30-34(45)42-38(37(47)43-53(48,49)25-12-13-25)18-23(38)10-8-6-5-7-9-11-27(39)36(46)44(30)19-24/h8,10,14-15,17,20-21,23-25,27,30H,5-7,9,11-13,16,18-19,39H2,1-4H3,(H,42,45)(H,43,47). The van der Waals surface area contributed by atoms with Gasteiger partial charge < -0.3 is 25.4 Å². The number of allylic oxidation sites excluding steroid dienone is 1. The number of aromatic nitrogens is 2. The normalized spacial score (nSPS) is 26.7. The quantitative estimate of drug-likeness (QED) is 0.277. The van der Waals surface area contributed by atoms with Crippen molar-refractivity contribution in [2.45, 2.75) is 113 Å². The molecule has 2 saturated carbocycles. The summed E-state index contributed by atoms with van der Waals surface area (Å²) < 4.78 is 40.2. The number of rotatable bonds is 8. The molecule has 13 nitrogen and oxygen atoms in total. The molecule has 0 spiro atoms. The van der Waals surface area contributed by atoms with Crippen LogP contribution in [0.1, 0.15) is 88.8 Å². The van der Waals surface area contributed by atoms with Gasteiger partial charge in [-0.1, -0.05) is 38.8 Å². The van der Waals surface area contributed by atoms with Crippen LogP contribution in [0.3, 0.4) is 0 Å². The SMILES string of the molecule is COc1ccc2c(OC3CC4C(=O)NC5(C(=O)NS(=O)(=O)C6CC6)CC5C=CCCCCCC(N)C(=O)N4C3)cc(-c3nc(C(C)C)cs3)nc2c1C. The van der Waals surface area contributed by atoms with Gasteiger partial charge in [-0.15, -0.1) is 11.3 Å². The van der Waals surface area contributed by atoms with Crippen LogP contribution in [0, 0.1) is 12.8 Å². The van der Waals surface area contributed by atoms with Gasteiger partial charge in [-0.2, -0.15) is 0 Å². The molecule has 284 valence electrons. The molecule has 0 bridgehead atoms. The van der Waals surface area contributed by atoms with E-state index in [1.54, 1.807) is 7.11 Å². The van der Waals surface area contributed by atoms with Crippen LogP contribution in [0.2, 0.25) is 0 Å². The fourth-order valence-corrected chi connectivity index (χ4v) is 9.70. The molecule has 1 saturated heterocycles. The first-order valence-electron chi connectivity index (χ1n) is 18.5. The highest BCUT2D eigenvalue weighted by atomic mass is 32.2. The summed E-state index contributed by atoms with van der Waals surface area (Å²) in [5.74, 6) is -0.601. The van der Waals surface area contributed by atoms with Gasteiger partial charge in [0.15, 0.2) is 0 Å². The number of benzene rings is 1. The van der Waals surface area contributed by atoms with Crippen LogP contribution in [0.4, 0.5) is 0 Å². The number of carbonyl (C=O) groups excluding carboxylic acids is 3. The molecule has 7 rings (SSSR count). The number of methoxy groups -OCH3 is 1. The highest BCUT2D eigenvalue weighted by molar-refractivity contribution is 7.91. The molecule has 4 heterocycles. The number of pyridine rings is 1. The Hall–Kier alpha value is -4.08. The molecule has 15 heteroatoms. The number of amides is 3. The summed E-state index contributed by atoms with van der Waals surface area (Å²) in [6.45, 7) is 6.19. The molecule has 3 aromatic rings. The van der Waals surface area contributed by atoms with Crippen molar-refractivity contribution in [3.8, 4) is 22.2 Å². The van der Waals surface area contributed by atoms with E-state index in [2.05, 4.69) is 23.9 Å². The number of carbonyl (C=O) groups is 3. The topological polar surface area (TPSA) is 183 Å². The van der Waals surface area contributed by atoms with Crippen LogP contribution in [-0.2, 0) is 24.4 Å². The van der Waals surface area contributed by atoms with Gasteiger partial charge in [0.1, 0.15) is 39.9 Å². The second-order valence-corrected chi connectivity index (χ2v) is 17.9. The Balaban J connectivity index is 1.21. The third-order valence-electron chi connectivity index (χ3n) is 10.9. The van der Waals surface area contributed by atoms with Gasteiger partial charge in [-0.25, -0.2) is 18.4 Å². The van der Waals surface area contributed by atoms with Crippen LogP contribution < -0.4 is 25.2 Å². The highest BCUT2D eigenvalue weighted by Crippen LogP contribution is 2.46. The van der Waals surface area contributed by atoms with Gasteiger partial charge in [0.2, 0.25) is 21.8 Å². The van der Waals surface area contributed by atoms with Crippen molar-refractivity contribution in [1.82, 2.24) is 24.9 Å². The Labute approximate surface area is 314 Å². The van der Waals surface area contributed by atoms with Crippen molar-refractivity contribution in [2.75, 3.05) is 13.7 Å². The first-order valence-corrected chi connectivity index (χ1v) is 21.0. The second-order valence-electron chi connectivity index (χ2n) is 15.1. The Morgan fingerprint density at radius 1 is 1.13 bits per heavy atom. The number of ether oxygens (including phenoxy) is 2. The first kappa shape index (κ1) is 37.2. The summed E-state index contributed by atoms with van der Waals surface area (Å²) in [7, 11) is -2.24. The van der Waals surface area contributed by atoms with Gasteiger partial charge in [0.05, 0.1) is 36.2 Å². The molecule has 1 aromatic carbocycles. The van der Waals surface area contributed by atoms with Crippen LogP contribution >= 0.6 is 11.3 Å². The molecule has 53 heavy (non-hydrogen) atoms. The maximum atomic E-state index is 14.3. The molecule has 2 aliphatic heterocycles. The molecule has 3 fully saturated rings. The van der Waals surface area contributed by atoms with E-state index >= 15 is 0 Å². The molecule has 2 aromatic heterocycles. The molecule has 4 N–H and O–H groups in total. The lowest BCUT2D eigenvalue weighted by molar-refractivity contribution is -0.140. The zero-order chi connectivity index (χ0) is 37.7. The molecule has 5 atom stereocenters. The number of hydrogen-bond acceptors (Lipinski definition) is 11. The average molecular weight is 765 g/mol. The molecule has 3 amide bonds. The minimum Gasteiger partial charge on any atom is -0.496 e. The summed E-state index contributed by atoms with van der Waals surface area (Å²) >= 11 is 1.50. The number of aryl methyl sites for hydroxylation is 1. The minimum absolute atomic E-state index is 0.0895. The zero-order valence-corrected chi connectivity index (χ0v) is 32.2. The predicted molar refractivity (Wildman–Crippen MR) is 202 cm³/mol. The third kappa shape index (κ3) is 7.52.